The van der Waals surface area contributed by atoms with E-state index >= 15 is 0 Å². The van der Waals surface area contributed by atoms with Crippen LogP contribution in [0.25, 0.3) is 6.08 Å². The number of amides is 2. The first kappa shape index (κ1) is 15.2. The SMILES string of the molecule is O=C(/C=C/c1ccccc1)NCC(=O)N/N=C/c1ccco1. The van der Waals surface area contributed by atoms with E-state index in [1.165, 1.54) is 18.6 Å². The number of furan rings is 1. The summed E-state index contributed by atoms with van der Waals surface area (Å²) in [4.78, 5) is 23.0. The number of benzene rings is 1. The van der Waals surface area contributed by atoms with Gasteiger partial charge in [0.15, 0.2) is 0 Å². The summed E-state index contributed by atoms with van der Waals surface area (Å²) >= 11 is 0. The molecule has 2 aromatic rings. The molecule has 0 radical (unpaired) electrons. The lowest BCUT2D eigenvalue weighted by Gasteiger charge is -2.00. The van der Waals surface area contributed by atoms with Crippen LogP contribution < -0.4 is 10.7 Å². The van der Waals surface area contributed by atoms with Crippen molar-refractivity contribution in [2.24, 2.45) is 5.10 Å². The first-order valence-corrected chi connectivity index (χ1v) is 6.60. The Morgan fingerprint density at radius 3 is 2.68 bits per heavy atom. The molecule has 2 rings (SSSR count). The second-order valence-corrected chi connectivity index (χ2v) is 4.27. The molecule has 0 aliphatic heterocycles. The van der Waals surface area contributed by atoms with E-state index in [1.807, 2.05) is 30.3 Å². The van der Waals surface area contributed by atoms with E-state index in [2.05, 4.69) is 15.8 Å². The molecule has 0 saturated carbocycles. The maximum Gasteiger partial charge on any atom is 0.259 e. The number of rotatable bonds is 6. The quantitative estimate of drug-likeness (QED) is 0.482. The monoisotopic (exact) mass is 297 g/mol. The normalized spacial score (nSPS) is 10.9. The Bertz CT molecular complexity index is 661. The lowest BCUT2D eigenvalue weighted by molar-refractivity contribution is -0.123. The first-order valence-electron chi connectivity index (χ1n) is 6.60. The molecule has 0 spiro atoms. The van der Waals surface area contributed by atoms with Gasteiger partial charge in [-0.05, 0) is 23.8 Å². The average molecular weight is 297 g/mol. The molecular weight excluding hydrogens is 282 g/mol. The van der Waals surface area contributed by atoms with Gasteiger partial charge in [-0.2, -0.15) is 5.10 Å². The lowest BCUT2D eigenvalue weighted by Crippen LogP contribution is -2.34. The van der Waals surface area contributed by atoms with Gasteiger partial charge in [-0.1, -0.05) is 30.3 Å². The van der Waals surface area contributed by atoms with Crippen LogP contribution in [0.4, 0.5) is 0 Å². The fourth-order valence-corrected chi connectivity index (χ4v) is 1.53. The maximum absolute atomic E-state index is 11.6. The Morgan fingerprint density at radius 2 is 1.95 bits per heavy atom. The van der Waals surface area contributed by atoms with Gasteiger partial charge in [-0.15, -0.1) is 0 Å². The van der Waals surface area contributed by atoms with E-state index in [4.69, 9.17) is 4.42 Å². The Labute approximate surface area is 127 Å². The summed E-state index contributed by atoms with van der Waals surface area (Å²) in [7, 11) is 0. The van der Waals surface area contributed by atoms with Gasteiger partial charge in [0.2, 0.25) is 5.91 Å². The molecule has 0 bridgehead atoms. The van der Waals surface area contributed by atoms with Gasteiger partial charge < -0.3 is 9.73 Å². The van der Waals surface area contributed by atoms with Crippen molar-refractivity contribution in [3.05, 3.63) is 66.1 Å². The fourth-order valence-electron chi connectivity index (χ4n) is 1.53. The first-order chi connectivity index (χ1) is 10.7. The van der Waals surface area contributed by atoms with Gasteiger partial charge in [0.25, 0.3) is 5.91 Å². The third kappa shape index (κ3) is 5.46. The highest BCUT2D eigenvalue weighted by atomic mass is 16.3. The van der Waals surface area contributed by atoms with Crippen LogP contribution in [0.15, 0.2) is 64.3 Å². The van der Waals surface area contributed by atoms with Gasteiger partial charge in [0.05, 0.1) is 19.0 Å². The van der Waals surface area contributed by atoms with Crippen molar-refractivity contribution >= 4 is 24.1 Å². The van der Waals surface area contributed by atoms with Crippen molar-refractivity contribution in [1.82, 2.24) is 10.7 Å². The Balaban J connectivity index is 1.69. The predicted octanol–water partition coefficient (Wildman–Crippen LogP) is 1.56. The molecule has 1 heterocycles. The molecule has 6 nitrogen and oxygen atoms in total. The summed E-state index contributed by atoms with van der Waals surface area (Å²) in [5.41, 5.74) is 3.19. The summed E-state index contributed by atoms with van der Waals surface area (Å²) in [6.45, 7) is -0.159. The number of hydrogen-bond acceptors (Lipinski definition) is 4. The highest BCUT2D eigenvalue weighted by molar-refractivity contribution is 5.94. The van der Waals surface area contributed by atoms with Gasteiger partial charge in [0.1, 0.15) is 5.76 Å². The number of nitrogens with one attached hydrogen (secondary N) is 2. The molecule has 22 heavy (non-hydrogen) atoms. The average Bonchev–Trinajstić information content (AvgIpc) is 3.05. The molecule has 2 N–H and O–H groups in total. The molecular formula is C16H15N3O3. The molecule has 0 fully saturated rings. The van der Waals surface area contributed by atoms with Crippen molar-refractivity contribution in [3.63, 3.8) is 0 Å². The van der Waals surface area contributed by atoms with Crippen molar-refractivity contribution in [3.8, 4) is 0 Å². The third-order valence-corrected chi connectivity index (χ3v) is 2.57. The van der Waals surface area contributed by atoms with Crippen molar-refractivity contribution in [2.75, 3.05) is 6.54 Å². The zero-order chi connectivity index (χ0) is 15.6. The Hall–Kier alpha value is -3.15. The molecule has 0 atom stereocenters. The zero-order valence-electron chi connectivity index (χ0n) is 11.7. The molecule has 1 aromatic heterocycles. The molecule has 0 saturated heterocycles. The number of carbonyl (C=O) groups excluding carboxylic acids is 2. The minimum absolute atomic E-state index is 0.159. The number of nitrogens with zero attached hydrogens (tertiary/aromatic N) is 1. The fraction of sp³-hybridized carbons (Fsp3) is 0.0625. The minimum Gasteiger partial charge on any atom is -0.463 e. The topological polar surface area (TPSA) is 83.7 Å². The lowest BCUT2D eigenvalue weighted by atomic mass is 10.2. The standard InChI is InChI=1S/C16H15N3O3/c20-15(9-8-13-5-2-1-3-6-13)17-12-16(21)19-18-11-14-7-4-10-22-14/h1-11H,12H2,(H,17,20)(H,19,21)/b9-8+,18-11+. The summed E-state index contributed by atoms with van der Waals surface area (Å²) in [5, 5.41) is 6.16. The van der Waals surface area contributed by atoms with E-state index in [1.54, 1.807) is 18.2 Å². The molecule has 0 aliphatic carbocycles. The molecule has 2 amide bonds. The van der Waals surface area contributed by atoms with Crippen LogP contribution in [0.3, 0.4) is 0 Å². The Morgan fingerprint density at radius 1 is 1.14 bits per heavy atom. The third-order valence-electron chi connectivity index (χ3n) is 2.57. The van der Waals surface area contributed by atoms with Gasteiger partial charge in [-0.25, -0.2) is 5.43 Å². The van der Waals surface area contributed by atoms with Crippen LogP contribution >= 0.6 is 0 Å². The number of hydrogen-bond donors (Lipinski definition) is 2. The van der Waals surface area contributed by atoms with E-state index < -0.39 is 5.91 Å². The Kier molecular flexibility index (Phi) is 5.69. The van der Waals surface area contributed by atoms with Crippen molar-refractivity contribution < 1.29 is 14.0 Å². The summed E-state index contributed by atoms with van der Waals surface area (Å²) in [5.74, 6) is -0.256. The van der Waals surface area contributed by atoms with E-state index in [9.17, 15) is 9.59 Å². The van der Waals surface area contributed by atoms with Gasteiger partial charge >= 0.3 is 0 Å². The van der Waals surface area contributed by atoms with Crippen molar-refractivity contribution in [2.45, 2.75) is 0 Å². The summed E-state index contributed by atoms with van der Waals surface area (Å²) in [6.07, 6.45) is 5.91. The smallest absolute Gasteiger partial charge is 0.259 e. The second kappa shape index (κ2) is 8.21. The maximum atomic E-state index is 11.6. The molecule has 1 aromatic carbocycles. The number of hydrazone groups is 1. The zero-order valence-corrected chi connectivity index (χ0v) is 11.7. The molecule has 0 aliphatic rings. The van der Waals surface area contributed by atoms with E-state index in [-0.39, 0.29) is 12.5 Å². The summed E-state index contributed by atoms with van der Waals surface area (Å²) in [6, 6.07) is 12.8. The van der Waals surface area contributed by atoms with Gasteiger partial charge in [0, 0.05) is 6.08 Å². The molecule has 6 heteroatoms. The highest BCUT2D eigenvalue weighted by Gasteiger charge is 2.01. The predicted molar refractivity (Wildman–Crippen MR) is 82.9 cm³/mol. The second-order valence-electron chi connectivity index (χ2n) is 4.27. The van der Waals surface area contributed by atoms with Crippen LogP contribution in [0.5, 0.6) is 0 Å². The largest absolute Gasteiger partial charge is 0.463 e. The molecule has 0 unspecified atom stereocenters. The van der Waals surface area contributed by atoms with E-state index in [0.717, 1.165) is 5.56 Å². The van der Waals surface area contributed by atoms with Crippen LogP contribution in [0.1, 0.15) is 11.3 Å². The summed E-state index contributed by atoms with van der Waals surface area (Å²) < 4.78 is 5.01. The van der Waals surface area contributed by atoms with Crippen molar-refractivity contribution in [1.29, 1.82) is 0 Å². The van der Waals surface area contributed by atoms with Crippen LogP contribution in [0, 0.1) is 0 Å². The van der Waals surface area contributed by atoms with Gasteiger partial charge in [-0.3, -0.25) is 9.59 Å². The van der Waals surface area contributed by atoms with E-state index in [0.29, 0.717) is 5.76 Å². The van der Waals surface area contributed by atoms with Crippen LogP contribution in [-0.2, 0) is 9.59 Å². The number of carbonyl (C=O) groups is 2. The minimum atomic E-state index is -0.427. The van der Waals surface area contributed by atoms with Crippen LogP contribution in [0.2, 0.25) is 0 Å². The molecule has 112 valence electrons. The highest BCUT2D eigenvalue weighted by Crippen LogP contribution is 2.00. The van der Waals surface area contributed by atoms with Crippen LogP contribution in [-0.4, -0.2) is 24.6 Å².